The van der Waals surface area contributed by atoms with Gasteiger partial charge in [0.15, 0.2) is 0 Å². The minimum Gasteiger partial charge on any atom is -0.505 e. The fourth-order valence-electron chi connectivity index (χ4n) is 0.276. The van der Waals surface area contributed by atoms with Gasteiger partial charge in [-0.05, 0) is 6.08 Å². The first-order valence-electron chi connectivity index (χ1n) is 2.44. The molecule has 0 rings (SSSR count). The first-order chi connectivity index (χ1) is 4.56. The van der Waals surface area contributed by atoms with Gasteiger partial charge in [0.05, 0.1) is 20.0 Å². The molecule has 2 N–H and O–H groups in total. The van der Waals surface area contributed by atoms with Crippen molar-refractivity contribution >= 4 is 7.82 Å². The Morgan fingerprint density at radius 1 is 1.60 bits per heavy atom. The highest BCUT2D eigenvalue weighted by Crippen LogP contribution is 2.35. The molecule has 0 bridgehead atoms. The largest absolute Gasteiger partial charge is 0.505 e. The SMILES string of the molecule is COC=CCOP(=O)(O)O. The molecular formula is C4H9O5P. The van der Waals surface area contributed by atoms with E-state index in [1.807, 2.05) is 0 Å². The Labute approximate surface area is 58.5 Å². The van der Waals surface area contributed by atoms with Crippen LogP contribution in [0, 0.1) is 0 Å². The van der Waals surface area contributed by atoms with E-state index in [9.17, 15) is 4.57 Å². The van der Waals surface area contributed by atoms with Crippen molar-refractivity contribution in [1.82, 2.24) is 0 Å². The summed E-state index contributed by atoms with van der Waals surface area (Å²) in [5, 5.41) is 0. The summed E-state index contributed by atoms with van der Waals surface area (Å²) < 4.78 is 18.5. The van der Waals surface area contributed by atoms with Gasteiger partial charge in [-0.25, -0.2) is 4.57 Å². The molecule has 0 aromatic heterocycles. The van der Waals surface area contributed by atoms with Gasteiger partial charge in [0.1, 0.15) is 0 Å². The second-order valence-corrected chi connectivity index (χ2v) is 2.63. The zero-order valence-electron chi connectivity index (χ0n) is 5.43. The lowest BCUT2D eigenvalue weighted by molar-refractivity contribution is 0.214. The van der Waals surface area contributed by atoms with Crippen LogP contribution in [0.2, 0.25) is 0 Å². The highest BCUT2D eigenvalue weighted by molar-refractivity contribution is 7.46. The average molecular weight is 168 g/mol. The Hall–Kier alpha value is -0.350. The monoisotopic (exact) mass is 168 g/mol. The number of methoxy groups -OCH3 is 1. The van der Waals surface area contributed by atoms with E-state index in [4.69, 9.17) is 9.79 Å². The van der Waals surface area contributed by atoms with Crippen molar-refractivity contribution < 1.29 is 23.6 Å². The zero-order valence-corrected chi connectivity index (χ0v) is 6.32. The molecule has 0 heterocycles. The molecule has 0 aromatic carbocycles. The Morgan fingerprint density at radius 3 is 2.60 bits per heavy atom. The molecule has 0 unspecified atom stereocenters. The molecule has 5 nitrogen and oxygen atoms in total. The molecule has 0 spiro atoms. The standard InChI is InChI=1S/C4H9O5P/c1-8-3-2-4-9-10(5,6)7/h2-3H,4H2,1H3,(H2,5,6,7). The first-order valence-corrected chi connectivity index (χ1v) is 3.97. The van der Waals surface area contributed by atoms with Crippen LogP contribution in [0.4, 0.5) is 0 Å². The number of ether oxygens (including phenoxy) is 1. The minimum atomic E-state index is -4.31. The minimum absolute atomic E-state index is 0.155. The summed E-state index contributed by atoms with van der Waals surface area (Å²) in [4.78, 5) is 16.3. The van der Waals surface area contributed by atoms with E-state index in [2.05, 4.69) is 9.26 Å². The van der Waals surface area contributed by atoms with Crippen LogP contribution in [0.25, 0.3) is 0 Å². The molecule has 0 saturated carbocycles. The second-order valence-electron chi connectivity index (χ2n) is 1.39. The van der Waals surface area contributed by atoms with Gasteiger partial charge in [-0.3, -0.25) is 4.52 Å². The highest BCUT2D eigenvalue weighted by Gasteiger charge is 2.11. The number of hydrogen-bond donors (Lipinski definition) is 2. The van der Waals surface area contributed by atoms with Crippen molar-refractivity contribution in [3.05, 3.63) is 12.3 Å². The molecule has 0 saturated heterocycles. The molecule has 0 radical (unpaired) electrons. The van der Waals surface area contributed by atoms with Gasteiger partial charge in [0.25, 0.3) is 0 Å². The normalized spacial score (nSPS) is 12.3. The van der Waals surface area contributed by atoms with Crippen molar-refractivity contribution in [1.29, 1.82) is 0 Å². The highest BCUT2D eigenvalue weighted by atomic mass is 31.2. The maximum Gasteiger partial charge on any atom is 0.469 e. The van der Waals surface area contributed by atoms with Crippen LogP contribution < -0.4 is 0 Å². The summed E-state index contributed by atoms with van der Waals surface area (Å²) in [6.07, 6.45) is 2.62. The molecule has 0 aliphatic heterocycles. The van der Waals surface area contributed by atoms with Crippen LogP contribution in [0.3, 0.4) is 0 Å². The summed E-state index contributed by atoms with van der Waals surface area (Å²) in [7, 11) is -2.89. The summed E-state index contributed by atoms with van der Waals surface area (Å²) >= 11 is 0. The van der Waals surface area contributed by atoms with E-state index in [0.717, 1.165) is 0 Å². The van der Waals surface area contributed by atoms with Gasteiger partial charge in [-0.2, -0.15) is 0 Å². The van der Waals surface area contributed by atoms with Crippen LogP contribution in [0.15, 0.2) is 12.3 Å². The summed E-state index contributed by atoms with van der Waals surface area (Å²) in [6, 6.07) is 0. The predicted molar refractivity (Wildman–Crippen MR) is 34.1 cm³/mol. The van der Waals surface area contributed by atoms with E-state index in [-0.39, 0.29) is 6.61 Å². The fourth-order valence-corrected chi connectivity index (χ4v) is 0.556. The molecule has 10 heavy (non-hydrogen) atoms. The van der Waals surface area contributed by atoms with Crippen molar-refractivity contribution in [3.8, 4) is 0 Å². The van der Waals surface area contributed by atoms with Crippen LogP contribution in [0.5, 0.6) is 0 Å². The van der Waals surface area contributed by atoms with Gasteiger partial charge in [-0.1, -0.05) is 0 Å². The maximum atomic E-state index is 9.99. The molecule has 0 aliphatic carbocycles. The van der Waals surface area contributed by atoms with E-state index < -0.39 is 7.82 Å². The Balaban J connectivity index is 3.38. The fraction of sp³-hybridized carbons (Fsp3) is 0.500. The topological polar surface area (TPSA) is 76.0 Å². The van der Waals surface area contributed by atoms with Gasteiger partial charge in [0.2, 0.25) is 0 Å². The van der Waals surface area contributed by atoms with Gasteiger partial charge in [0, 0.05) is 0 Å². The third kappa shape index (κ3) is 7.65. The third-order valence-corrected chi connectivity index (χ3v) is 1.06. The van der Waals surface area contributed by atoms with Crippen LogP contribution >= 0.6 is 7.82 Å². The quantitative estimate of drug-likeness (QED) is 0.465. The number of rotatable bonds is 4. The lowest BCUT2D eigenvalue weighted by Crippen LogP contribution is -1.87. The molecule has 0 fully saturated rings. The molecule has 60 valence electrons. The third-order valence-electron chi connectivity index (χ3n) is 0.571. The van der Waals surface area contributed by atoms with Crippen molar-refractivity contribution in [2.45, 2.75) is 0 Å². The van der Waals surface area contributed by atoms with Gasteiger partial charge >= 0.3 is 7.82 Å². The predicted octanol–water partition coefficient (Wildman–Crippen LogP) is 0.256. The first kappa shape index (κ1) is 9.65. The molecule has 0 aliphatic rings. The average Bonchev–Trinajstić information content (AvgIpc) is 1.78. The van der Waals surface area contributed by atoms with Crippen molar-refractivity contribution in [2.75, 3.05) is 13.7 Å². The maximum absolute atomic E-state index is 9.99. The molecular weight excluding hydrogens is 159 g/mol. The number of phosphoric ester groups is 1. The van der Waals surface area contributed by atoms with Gasteiger partial charge in [-0.15, -0.1) is 0 Å². The van der Waals surface area contributed by atoms with Crippen LogP contribution in [0.1, 0.15) is 0 Å². The molecule has 0 atom stereocenters. The lowest BCUT2D eigenvalue weighted by Gasteiger charge is -1.99. The van der Waals surface area contributed by atoms with E-state index in [0.29, 0.717) is 0 Å². The van der Waals surface area contributed by atoms with Gasteiger partial charge < -0.3 is 14.5 Å². The summed E-state index contributed by atoms with van der Waals surface area (Å²) in [6.45, 7) is -0.155. The lowest BCUT2D eigenvalue weighted by atomic mass is 10.7. The molecule has 0 aromatic rings. The summed E-state index contributed by atoms with van der Waals surface area (Å²) in [5.74, 6) is 0. The van der Waals surface area contributed by atoms with E-state index in [1.165, 1.54) is 19.4 Å². The van der Waals surface area contributed by atoms with Crippen LogP contribution in [-0.4, -0.2) is 23.5 Å². The number of phosphoric acid groups is 1. The molecule has 0 amide bonds. The second kappa shape index (κ2) is 4.46. The Morgan fingerprint density at radius 2 is 2.20 bits per heavy atom. The zero-order chi connectivity index (χ0) is 8.04. The Kier molecular flexibility index (Phi) is 4.31. The summed E-state index contributed by atoms with van der Waals surface area (Å²) in [5.41, 5.74) is 0. The molecule has 6 heteroatoms. The van der Waals surface area contributed by atoms with Crippen LogP contribution in [-0.2, 0) is 13.8 Å². The number of hydrogen-bond acceptors (Lipinski definition) is 3. The van der Waals surface area contributed by atoms with E-state index in [1.54, 1.807) is 0 Å². The van der Waals surface area contributed by atoms with Crippen molar-refractivity contribution in [2.24, 2.45) is 0 Å². The Bertz CT molecular complexity index is 148. The smallest absolute Gasteiger partial charge is 0.469 e. The van der Waals surface area contributed by atoms with Crippen molar-refractivity contribution in [3.63, 3.8) is 0 Å². The van der Waals surface area contributed by atoms with E-state index >= 15 is 0 Å².